The maximum absolute atomic E-state index is 11.8. The molecule has 6 nitrogen and oxygen atoms in total. The van der Waals surface area contributed by atoms with Crippen LogP contribution in [0.25, 0.3) is 6.08 Å². The molecule has 0 fully saturated rings. The number of nitrogens with one attached hydrogen (secondary N) is 1. The van der Waals surface area contributed by atoms with Gasteiger partial charge in [0, 0.05) is 30.0 Å². The lowest BCUT2D eigenvalue weighted by Crippen LogP contribution is -2.07. The van der Waals surface area contributed by atoms with Gasteiger partial charge in [0.25, 0.3) is 5.69 Å². The van der Waals surface area contributed by atoms with Crippen molar-refractivity contribution >= 4 is 23.4 Å². The number of hydrogen-bond acceptors (Lipinski definition) is 4. The number of benzene rings is 2. The van der Waals surface area contributed by atoms with Crippen molar-refractivity contribution < 1.29 is 14.5 Å². The van der Waals surface area contributed by atoms with E-state index in [2.05, 4.69) is 5.32 Å². The van der Waals surface area contributed by atoms with Crippen LogP contribution in [-0.4, -0.2) is 17.9 Å². The first-order valence-corrected chi connectivity index (χ1v) is 6.46. The molecule has 2 rings (SSSR count). The Morgan fingerprint density at radius 3 is 2.59 bits per heavy atom. The molecule has 0 radical (unpaired) electrons. The number of non-ortho nitro benzene ring substituents is 1. The molecule has 0 aliphatic carbocycles. The van der Waals surface area contributed by atoms with Crippen LogP contribution in [0.2, 0.25) is 0 Å². The van der Waals surface area contributed by atoms with Crippen LogP contribution in [0.4, 0.5) is 11.4 Å². The number of nitro groups is 1. The first-order valence-electron chi connectivity index (χ1n) is 6.46. The number of carbonyl (C=O) groups excluding carboxylic acids is 1. The number of nitro benzene ring substituents is 1. The second-order valence-electron chi connectivity index (χ2n) is 4.40. The molecule has 0 spiro atoms. The van der Waals surface area contributed by atoms with Crippen LogP contribution in [0.15, 0.2) is 54.6 Å². The Kier molecular flexibility index (Phi) is 4.87. The van der Waals surface area contributed by atoms with Gasteiger partial charge in [0.15, 0.2) is 0 Å². The van der Waals surface area contributed by atoms with Gasteiger partial charge in [-0.15, -0.1) is 0 Å². The summed E-state index contributed by atoms with van der Waals surface area (Å²) in [6, 6.07) is 12.9. The second-order valence-corrected chi connectivity index (χ2v) is 4.40. The zero-order valence-electron chi connectivity index (χ0n) is 11.9. The second kappa shape index (κ2) is 7.03. The maximum Gasteiger partial charge on any atom is 0.269 e. The van der Waals surface area contributed by atoms with Crippen molar-refractivity contribution in [2.45, 2.75) is 0 Å². The summed E-state index contributed by atoms with van der Waals surface area (Å²) in [6.07, 6.45) is 2.94. The van der Waals surface area contributed by atoms with Crippen molar-refractivity contribution in [1.82, 2.24) is 0 Å². The lowest BCUT2D eigenvalue weighted by atomic mass is 10.2. The summed E-state index contributed by atoms with van der Waals surface area (Å²) in [6.45, 7) is 0. The Hall–Kier alpha value is -3.15. The fourth-order valence-electron chi connectivity index (χ4n) is 1.76. The first kappa shape index (κ1) is 15.2. The molecule has 0 atom stereocenters. The summed E-state index contributed by atoms with van der Waals surface area (Å²) in [4.78, 5) is 21.9. The van der Waals surface area contributed by atoms with E-state index >= 15 is 0 Å². The fraction of sp³-hybridized carbons (Fsp3) is 0.0625. The van der Waals surface area contributed by atoms with Crippen LogP contribution >= 0.6 is 0 Å². The summed E-state index contributed by atoms with van der Waals surface area (Å²) < 4.78 is 5.07. The van der Waals surface area contributed by atoms with E-state index in [4.69, 9.17) is 4.74 Å². The molecule has 0 aromatic heterocycles. The molecule has 1 N–H and O–H groups in total. The summed E-state index contributed by atoms with van der Waals surface area (Å²) in [5.74, 6) is 0.351. The predicted octanol–water partition coefficient (Wildman–Crippen LogP) is 3.26. The van der Waals surface area contributed by atoms with Gasteiger partial charge >= 0.3 is 0 Å². The monoisotopic (exact) mass is 298 g/mol. The van der Waals surface area contributed by atoms with Gasteiger partial charge in [-0.25, -0.2) is 0 Å². The standard InChI is InChI=1S/C16H14N2O4/c1-22-15-4-2-3-13(11-15)17-16(19)10-7-12-5-8-14(9-6-12)18(20)21/h2-11H,1H3,(H,17,19). The van der Waals surface area contributed by atoms with Gasteiger partial charge in [0.1, 0.15) is 5.75 Å². The number of amides is 1. The minimum Gasteiger partial charge on any atom is -0.497 e. The highest BCUT2D eigenvalue weighted by Crippen LogP contribution is 2.17. The SMILES string of the molecule is COc1cccc(NC(=O)C=Cc2ccc([N+](=O)[O-])cc2)c1. The summed E-state index contributed by atoms with van der Waals surface area (Å²) in [5.41, 5.74) is 1.34. The lowest BCUT2D eigenvalue weighted by molar-refractivity contribution is -0.384. The maximum atomic E-state index is 11.8. The van der Waals surface area contributed by atoms with E-state index in [9.17, 15) is 14.9 Å². The summed E-state index contributed by atoms with van der Waals surface area (Å²) in [5, 5.41) is 13.2. The van der Waals surface area contributed by atoms with Gasteiger partial charge in [0.2, 0.25) is 5.91 Å². The molecule has 6 heteroatoms. The Morgan fingerprint density at radius 2 is 1.95 bits per heavy atom. The number of ether oxygens (including phenoxy) is 1. The Balaban J connectivity index is 2.00. The van der Waals surface area contributed by atoms with Crippen molar-refractivity contribution in [2.24, 2.45) is 0 Å². The highest BCUT2D eigenvalue weighted by molar-refractivity contribution is 6.02. The Bertz CT molecular complexity index is 708. The van der Waals surface area contributed by atoms with E-state index in [0.29, 0.717) is 17.0 Å². The Morgan fingerprint density at radius 1 is 1.23 bits per heavy atom. The van der Waals surface area contributed by atoms with E-state index in [1.54, 1.807) is 49.6 Å². The molecule has 22 heavy (non-hydrogen) atoms. The van der Waals surface area contributed by atoms with Gasteiger partial charge in [-0.1, -0.05) is 6.07 Å². The summed E-state index contributed by atoms with van der Waals surface area (Å²) in [7, 11) is 1.55. The molecule has 2 aromatic rings. The smallest absolute Gasteiger partial charge is 0.269 e. The van der Waals surface area contributed by atoms with Crippen LogP contribution in [0.3, 0.4) is 0 Å². The van der Waals surface area contributed by atoms with Gasteiger partial charge in [-0.2, -0.15) is 0 Å². The molecule has 0 saturated carbocycles. The van der Waals surface area contributed by atoms with Gasteiger partial charge in [0.05, 0.1) is 12.0 Å². The fourth-order valence-corrected chi connectivity index (χ4v) is 1.76. The number of anilines is 1. The number of nitrogens with zero attached hydrogens (tertiary/aromatic N) is 1. The topological polar surface area (TPSA) is 81.5 Å². The quantitative estimate of drug-likeness (QED) is 0.522. The van der Waals surface area contributed by atoms with E-state index in [1.807, 2.05) is 0 Å². The van der Waals surface area contributed by atoms with Crippen molar-refractivity contribution in [3.05, 3.63) is 70.3 Å². The molecule has 1 amide bonds. The van der Waals surface area contributed by atoms with E-state index < -0.39 is 4.92 Å². The van der Waals surface area contributed by atoms with Crippen LogP contribution in [-0.2, 0) is 4.79 Å². The third-order valence-electron chi connectivity index (χ3n) is 2.87. The van der Waals surface area contributed by atoms with E-state index in [1.165, 1.54) is 18.2 Å². The number of hydrogen-bond donors (Lipinski definition) is 1. The highest BCUT2D eigenvalue weighted by atomic mass is 16.6. The number of rotatable bonds is 5. The molecule has 0 unspecified atom stereocenters. The average Bonchev–Trinajstić information content (AvgIpc) is 2.53. The first-order chi connectivity index (χ1) is 10.6. The molecule has 112 valence electrons. The molecule has 0 bridgehead atoms. The van der Waals surface area contributed by atoms with Crippen LogP contribution in [0.1, 0.15) is 5.56 Å². The van der Waals surface area contributed by atoms with Crippen LogP contribution in [0.5, 0.6) is 5.75 Å². The Labute approximate surface area is 127 Å². The highest BCUT2D eigenvalue weighted by Gasteiger charge is 2.03. The molecular weight excluding hydrogens is 284 g/mol. The molecule has 0 saturated heterocycles. The van der Waals surface area contributed by atoms with Crippen LogP contribution in [0, 0.1) is 10.1 Å². The van der Waals surface area contributed by atoms with Crippen molar-refractivity contribution in [1.29, 1.82) is 0 Å². The minimum atomic E-state index is -0.469. The predicted molar refractivity (Wildman–Crippen MR) is 83.8 cm³/mol. The normalized spacial score (nSPS) is 10.4. The largest absolute Gasteiger partial charge is 0.497 e. The molecule has 0 aliphatic heterocycles. The molecule has 0 aliphatic rings. The van der Waals surface area contributed by atoms with E-state index in [0.717, 1.165) is 0 Å². The number of methoxy groups -OCH3 is 1. The summed E-state index contributed by atoms with van der Waals surface area (Å²) >= 11 is 0. The average molecular weight is 298 g/mol. The van der Waals surface area contributed by atoms with Gasteiger partial charge in [-0.3, -0.25) is 14.9 Å². The molecule has 0 heterocycles. The minimum absolute atomic E-state index is 0.0120. The van der Waals surface area contributed by atoms with Crippen molar-refractivity contribution in [3.63, 3.8) is 0 Å². The molecular formula is C16H14N2O4. The van der Waals surface area contributed by atoms with Crippen molar-refractivity contribution in [2.75, 3.05) is 12.4 Å². The lowest BCUT2D eigenvalue weighted by Gasteiger charge is -2.04. The third kappa shape index (κ3) is 4.17. The zero-order chi connectivity index (χ0) is 15.9. The van der Waals surface area contributed by atoms with Crippen LogP contribution < -0.4 is 10.1 Å². The number of carbonyl (C=O) groups is 1. The van der Waals surface area contributed by atoms with E-state index in [-0.39, 0.29) is 11.6 Å². The van der Waals surface area contributed by atoms with Crippen molar-refractivity contribution in [3.8, 4) is 5.75 Å². The zero-order valence-corrected chi connectivity index (χ0v) is 11.9. The van der Waals surface area contributed by atoms with Gasteiger partial charge in [-0.05, 0) is 35.9 Å². The third-order valence-corrected chi connectivity index (χ3v) is 2.87. The van der Waals surface area contributed by atoms with Gasteiger partial charge < -0.3 is 10.1 Å². The molecule has 2 aromatic carbocycles.